The van der Waals surface area contributed by atoms with Crippen molar-refractivity contribution in [2.24, 2.45) is 5.92 Å². The van der Waals surface area contributed by atoms with Crippen LogP contribution in [0.2, 0.25) is 10.0 Å². The van der Waals surface area contributed by atoms with Gasteiger partial charge in [0.15, 0.2) is 5.75 Å². The summed E-state index contributed by atoms with van der Waals surface area (Å²) < 4.78 is 19.6. The van der Waals surface area contributed by atoms with Crippen LogP contribution in [0.5, 0.6) is 5.75 Å². The summed E-state index contributed by atoms with van der Waals surface area (Å²) in [5, 5.41) is 12.6. The average molecular weight is 412 g/mol. The molecule has 0 saturated heterocycles. The van der Waals surface area contributed by atoms with Crippen LogP contribution in [-0.2, 0) is 17.8 Å². The number of anilines is 1. The molecule has 3 rings (SSSR count). The zero-order valence-corrected chi connectivity index (χ0v) is 16.1. The minimum Gasteiger partial charge on any atom is -0.486 e. The maximum Gasteiger partial charge on any atom is 0.303 e. The Kier molecular flexibility index (Phi) is 6.45. The van der Waals surface area contributed by atoms with Gasteiger partial charge in [0, 0.05) is 18.7 Å². The minimum absolute atomic E-state index is 0.00715. The van der Waals surface area contributed by atoms with Crippen LogP contribution in [0.3, 0.4) is 0 Å². The first-order valence-electron chi connectivity index (χ1n) is 8.76. The van der Waals surface area contributed by atoms with Gasteiger partial charge in [-0.2, -0.15) is 0 Å². The lowest BCUT2D eigenvalue weighted by atomic mass is 10.1. The average Bonchev–Trinajstić information content (AvgIpc) is 3.41. The number of carboxylic acid groups (broad SMARTS) is 1. The lowest BCUT2D eigenvalue weighted by Crippen LogP contribution is -2.05. The molecule has 0 radical (unpaired) electrons. The second-order valence-corrected chi connectivity index (χ2v) is 7.56. The van der Waals surface area contributed by atoms with E-state index in [1.807, 2.05) is 6.07 Å². The van der Waals surface area contributed by atoms with Crippen LogP contribution in [0.4, 0.5) is 10.1 Å². The van der Waals surface area contributed by atoms with Gasteiger partial charge in [-0.1, -0.05) is 23.2 Å². The van der Waals surface area contributed by atoms with Gasteiger partial charge in [0.25, 0.3) is 0 Å². The van der Waals surface area contributed by atoms with Crippen LogP contribution < -0.4 is 10.1 Å². The van der Waals surface area contributed by atoms with E-state index in [4.69, 9.17) is 33.0 Å². The Labute approximate surface area is 167 Å². The summed E-state index contributed by atoms with van der Waals surface area (Å²) in [6, 6.07) is 7.99. The normalized spacial score (nSPS) is 13.4. The predicted molar refractivity (Wildman–Crippen MR) is 104 cm³/mol. The van der Waals surface area contributed by atoms with Crippen molar-refractivity contribution >= 4 is 34.9 Å². The van der Waals surface area contributed by atoms with E-state index in [0.717, 1.165) is 17.8 Å². The summed E-state index contributed by atoms with van der Waals surface area (Å²) in [6.45, 7) is 0.961. The zero-order valence-electron chi connectivity index (χ0n) is 14.6. The van der Waals surface area contributed by atoms with E-state index < -0.39 is 5.97 Å². The van der Waals surface area contributed by atoms with Gasteiger partial charge in [0.05, 0.1) is 10.0 Å². The molecule has 1 fully saturated rings. The molecule has 1 aliphatic carbocycles. The van der Waals surface area contributed by atoms with Gasteiger partial charge in [-0.15, -0.1) is 0 Å². The lowest BCUT2D eigenvalue weighted by Gasteiger charge is -2.13. The summed E-state index contributed by atoms with van der Waals surface area (Å²) >= 11 is 12.5. The molecule has 0 bridgehead atoms. The first-order chi connectivity index (χ1) is 12.9. The van der Waals surface area contributed by atoms with E-state index in [9.17, 15) is 9.18 Å². The third-order valence-corrected chi connectivity index (χ3v) is 4.88. The van der Waals surface area contributed by atoms with Crippen LogP contribution in [0.15, 0.2) is 30.3 Å². The van der Waals surface area contributed by atoms with E-state index in [2.05, 4.69) is 5.32 Å². The number of carbonyl (C=O) groups is 1. The molecular formula is C20H20Cl2FNO3. The van der Waals surface area contributed by atoms with Crippen LogP contribution >= 0.6 is 23.2 Å². The fourth-order valence-corrected chi connectivity index (χ4v) is 3.36. The highest BCUT2D eigenvalue weighted by Gasteiger charge is 2.20. The SMILES string of the molecule is O=C(O)CCc1cc(Cl)c(OCc2cc(F)cc(NCC3CC3)c2)c(Cl)c1. The van der Waals surface area contributed by atoms with Crippen LogP contribution in [0.25, 0.3) is 0 Å². The topological polar surface area (TPSA) is 58.6 Å². The van der Waals surface area contributed by atoms with Gasteiger partial charge in [-0.3, -0.25) is 4.79 Å². The Morgan fingerprint density at radius 1 is 1.15 bits per heavy atom. The minimum atomic E-state index is -0.889. The van der Waals surface area contributed by atoms with Gasteiger partial charge in [-0.25, -0.2) is 4.39 Å². The largest absolute Gasteiger partial charge is 0.486 e. The van der Waals surface area contributed by atoms with Crippen LogP contribution in [0, 0.1) is 11.7 Å². The highest BCUT2D eigenvalue weighted by molar-refractivity contribution is 6.37. The Morgan fingerprint density at radius 3 is 2.48 bits per heavy atom. The molecule has 1 aliphatic rings. The molecule has 4 nitrogen and oxygen atoms in total. The first-order valence-corrected chi connectivity index (χ1v) is 9.52. The van der Waals surface area contributed by atoms with Crippen molar-refractivity contribution in [2.45, 2.75) is 32.3 Å². The Morgan fingerprint density at radius 2 is 1.85 bits per heavy atom. The van der Waals surface area contributed by atoms with Crippen molar-refractivity contribution in [1.82, 2.24) is 0 Å². The summed E-state index contributed by atoms with van der Waals surface area (Å²) in [6.07, 6.45) is 2.76. The molecule has 0 heterocycles. The van der Waals surface area contributed by atoms with E-state index in [1.165, 1.54) is 25.0 Å². The van der Waals surface area contributed by atoms with E-state index in [0.29, 0.717) is 33.7 Å². The number of nitrogens with one attached hydrogen (secondary N) is 1. The first kappa shape index (κ1) is 19.8. The molecule has 2 N–H and O–H groups in total. The van der Waals surface area contributed by atoms with Crippen LogP contribution in [0.1, 0.15) is 30.4 Å². The van der Waals surface area contributed by atoms with E-state index in [1.54, 1.807) is 12.1 Å². The fourth-order valence-electron chi connectivity index (χ4n) is 2.72. The number of hydrogen-bond acceptors (Lipinski definition) is 3. The van der Waals surface area contributed by atoms with Gasteiger partial charge in [0.2, 0.25) is 0 Å². The van der Waals surface area contributed by atoms with Gasteiger partial charge >= 0.3 is 5.97 Å². The second kappa shape index (κ2) is 8.81. The lowest BCUT2D eigenvalue weighted by molar-refractivity contribution is -0.136. The van der Waals surface area contributed by atoms with Crippen molar-refractivity contribution in [3.63, 3.8) is 0 Å². The molecular weight excluding hydrogens is 392 g/mol. The van der Waals surface area contributed by atoms with Crippen molar-refractivity contribution in [2.75, 3.05) is 11.9 Å². The number of aliphatic carboxylic acids is 1. The predicted octanol–water partition coefficient (Wildman–Crippen LogP) is 5.55. The van der Waals surface area contributed by atoms with E-state index >= 15 is 0 Å². The second-order valence-electron chi connectivity index (χ2n) is 6.74. The number of rotatable bonds is 9. The molecule has 0 aliphatic heterocycles. The maximum absolute atomic E-state index is 13.9. The van der Waals surface area contributed by atoms with Gasteiger partial charge in [-0.05, 0) is 66.6 Å². The third kappa shape index (κ3) is 6.01. The summed E-state index contributed by atoms with van der Waals surface area (Å²) in [7, 11) is 0. The molecule has 0 atom stereocenters. The number of benzene rings is 2. The van der Waals surface area contributed by atoms with E-state index in [-0.39, 0.29) is 18.8 Å². The molecule has 0 aromatic heterocycles. The number of carboxylic acids is 1. The molecule has 27 heavy (non-hydrogen) atoms. The molecule has 2 aromatic rings. The monoisotopic (exact) mass is 411 g/mol. The molecule has 2 aromatic carbocycles. The Balaban J connectivity index is 1.66. The molecule has 1 saturated carbocycles. The number of halogens is 3. The Bertz CT molecular complexity index is 817. The van der Waals surface area contributed by atoms with Crippen molar-refractivity contribution in [3.05, 3.63) is 57.3 Å². The number of aryl methyl sites for hydroxylation is 1. The molecule has 7 heteroatoms. The molecule has 144 valence electrons. The van der Waals surface area contributed by atoms with Crippen molar-refractivity contribution in [1.29, 1.82) is 0 Å². The van der Waals surface area contributed by atoms with Crippen LogP contribution in [-0.4, -0.2) is 17.6 Å². The fraction of sp³-hybridized carbons (Fsp3) is 0.350. The molecule has 0 amide bonds. The summed E-state index contributed by atoms with van der Waals surface area (Å²) in [5.41, 5.74) is 2.11. The quantitative estimate of drug-likeness (QED) is 0.567. The summed E-state index contributed by atoms with van der Waals surface area (Å²) in [5.74, 6) is -0.241. The van der Waals surface area contributed by atoms with Crippen molar-refractivity contribution in [3.8, 4) is 5.75 Å². The molecule has 0 spiro atoms. The zero-order chi connectivity index (χ0) is 19.4. The van der Waals surface area contributed by atoms with Crippen molar-refractivity contribution < 1.29 is 19.0 Å². The number of hydrogen-bond donors (Lipinski definition) is 2. The van der Waals surface area contributed by atoms with Gasteiger partial charge in [0.1, 0.15) is 12.4 Å². The molecule has 0 unspecified atom stereocenters. The third-order valence-electron chi connectivity index (χ3n) is 4.32. The maximum atomic E-state index is 13.9. The number of ether oxygens (including phenoxy) is 1. The summed E-state index contributed by atoms with van der Waals surface area (Å²) in [4.78, 5) is 10.7. The highest BCUT2D eigenvalue weighted by atomic mass is 35.5. The standard InChI is InChI=1S/C20H20Cl2FNO3/c21-17-7-13(3-4-19(25)26)8-18(22)20(17)27-11-14-5-15(23)9-16(6-14)24-10-12-1-2-12/h5-9,12,24H,1-4,10-11H2,(H,25,26). The smallest absolute Gasteiger partial charge is 0.303 e. The van der Waals surface area contributed by atoms with Gasteiger partial charge < -0.3 is 15.2 Å². The highest BCUT2D eigenvalue weighted by Crippen LogP contribution is 2.35. The Hall–Kier alpha value is -1.98.